The Hall–Kier alpha value is -1.14. The maximum absolute atomic E-state index is 12.6. The van der Waals surface area contributed by atoms with E-state index in [9.17, 15) is 14.7 Å². The molecule has 6 nitrogen and oxygen atoms in total. The van der Waals surface area contributed by atoms with Crippen molar-refractivity contribution >= 4 is 11.9 Å². The molecule has 1 aliphatic rings. The van der Waals surface area contributed by atoms with Crippen LogP contribution in [0.2, 0.25) is 0 Å². The van der Waals surface area contributed by atoms with Gasteiger partial charge >= 0.3 is 0 Å². The number of carboxylic acids is 1. The summed E-state index contributed by atoms with van der Waals surface area (Å²) in [7, 11) is 6.54. The van der Waals surface area contributed by atoms with Gasteiger partial charge in [0.05, 0.1) is 34.2 Å². The third kappa shape index (κ3) is 8.11. The van der Waals surface area contributed by atoms with E-state index in [0.717, 1.165) is 49.8 Å². The first-order valence-electron chi connectivity index (χ1n) is 9.24. The molecule has 24 heavy (non-hydrogen) atoms. The van der Waals surface area contributed by atoms with Crippen molar-refractivity contribution in [3.63, 3.8) is 0 Å². The molecule has 1 heterocycles. The highest BCUT2D eigenvalue weighted by molar-refractivity contribution is 5.78. The smallest absolute Gasteiger partial charge is 0.236 e. The first-order chi connectivity index (χ1) is 11.2. The van der Waals surface area contributed by atoms with Crippen molar-refractivity contribution in [2.45, 2.75) is 39.0 Å². The minimum atomic E-state index is -0.993. The summed E-state index contributed by atoms with van der Waals surface area (Å²) in [4.78, 5) is 27.4. The lowest BCUT2D eigenvalue weighted by atomic mass is 10.1. The molecule has 0 N–H and O–H groups in total. The van der Waals surface area contributed by atoms with Crippen molar-refractivity contribution in [3.8, 4) is 0 Å². The van der Waals surface area contributed by atoms with Crippen LogP contribution >= 0.6 is 0 Å². The number of rotatable bonds is 11. The van der Waals surface area contributed by atoms with E-state index < -0.39 is 11.9 Å². The molecule has 1 aliphatic heterocycles. The van der Waals surface area contributed by atoms with E-state index in [1.807, 2.05) is 9.80 Å². The van der Waals surface area contributed by atoms with Crippen LogP contribution in [0.3, 0.4) is 0 Å². The van der Waals surface area contributed by atoms with E-state index >= 15 is 0 Å². The number of carbonyl (C=O) groups is 2. The molecular weight excluding hydrogens is 306 g/mol. The molecule has 0 spiro atoms. The third-order valence-electron chi connectivity index (χ3n) is 4.61. The highest BCUT2D eigenvalue weighted by Crippen LogP contribution is 2.15. The number of aliphatic carboxylic acids is 1. The van der Waals surface area contributed by atoms with Crippen LogP contribution in [-0.4, -0.2) is 86.6 Å². The summed E-state index contributed by atoms with van der Waals surface area (Å²) in [6.07, 6.45) is 4.80. The van der Waals surface area contributed by atoms with Crippen LogP contribution in [0, 0.1) is 5.92 Å². The van der Waals surface area contributed by atoms with Crippen molar-refractivity contribution in [3.05, 3.63) is 0 Å². The van der Waals surface area contributed by atoms with Gasteiger partial charge in [-0.2, -0.15) is 0 Å². The first kappa shape index (κ1) is 20.9. The fraction of sp³-hybridized carbons (Fsp3) is 0.889. The molecule has 0 saturated carbocycles. The van der Waals surface area contributed by atoms with E-state index in [0.29, 0.717) is 26.1 Å². The van der Waals surface area contributed by atoms with Crippen molar-refractivity contribution in [2.75, 3.05) is 60.4 Å². The van der Waals surface area contributed by atoms with Crippen LogP contribution in [0.4, 0.5) is 0 Å². The molecule has 1 unspecified atom stereocenters. The molecule has 140 valence electrons. The van der Waals surface area contributed by atoms with Crippen LogP contribution in [0.25, 0.3) is 0 Å². The molecule has 1 fully saturated rings. The Labute approximate surface area is 147 Å². The predicted octanol–water partition coefficient (Wildman–Crippen LogP) is 0.173. The summed E-state index contributed by atoms with van der Waals surface area (Å²) in [6, 6.07) is 0. The number of unbranched alkanes of at least 4 members (excludes halogenated alkanes) is 2. The van der Waals surface area contributed by atoms with Crippen molar-refractivity contribution in [1.29, 1.82) is 0 Å². The van der Waals surface area contributed by atoms with Gasteiger partial charge in [-0.25, -0.2) is 0 Å². The molecule has 1 atom stereocenters. The molecule has 6 heteroatoms. The Bertz CT molecular complexity index is 407. The summed E-state index contributed by atoms with van der Waals surface area (Å²) in [5.74, 6) is -1.28. The Morgan fingerprint density at radius 3 is 2.38 bits per heavy atom. The SMILES string of the molecule is CCCCN(CCCC[N+](C)(C)C)C(=O)CN1CCC(C(=O)[O-])C1. The highest BCUT2D eigenvalue weighted by atomic mass is 16.4. The van der Waals surface area contributed by atoms with E-state index in [1.165, 1.54) is 0 Å². The molecule has 1 amide bonds. The van der Waals surface area contributed by atoms with Crippen molar-refractivity contribution < 1.29 is 19.2 Å². The fourth-order valence-electron chi connectivity index (χ4n) is 3.06. The van der Waals surface area contributed by atoms with Gasteiger partial charge in [-0.1, -0.05) is 13.3 Å². The van der Waals surface area contributed by atoms with Gasteiger partial charge in [0.1, 0.15) is 0 Å². The zero-order valence-electron chi connectivity index (χ0n) is 15.9. The average Bonchev–Trinajstić information content (AvgIpc) is 2.94. The van der Waals surface area contributed by atoms with E-state index in [2.05, 4.69) is 28.1 Å². The molecule has 1 rings (SSSR count). The number of quaternary nitrogens is 1. The normalized spacial score (nSPS) is 18.8. The van der Waals surface area contributed by atoms with Gasteiger partial charge in [-0.3, -0.25) is 9.69 Å². The Kier molecular flexibility index (Phi) is 8.70. The number of nitrogens with zero attached hydrogens (tertiary/aromatic N) is 3. The second-order valence-electron chi connectivity index (χ2n) is 8.00. The Balaban J connectivity index is 2.42. The highest BCUT2D eigenvalue weighted by Gasteiger charge is 2.26. The molecular formula is C18H35N3O3. The van der Waals surface area contributed by atoms with Crippen molar-refractivity contribution in [2.24, 2.45) is 5.92 Å². The van der Waals surface area contributed by atoms with E-state index in [-0.39, 0.29) is 5.91 Å². The molecule has 0 bridgehead atoms. The number of hydrogen-bond donors (Lipinski definition) is 0. The van der Waals surface area contributed by atoms with Crippen LogP contribution in [0.15, 0.2) is 0 Å². The van der Waals surface area contributed by atoms with Gasteiger partial charge in [0, 0.05) is 31.5 Å². The fourth-order valence-corrected chi connectivity index (χ4v) is 3.06. The largest absolute Gasteiger partial charge is 0.550 e. The zero-order valence-corrected chi connectivity index (χ0v) is 15.9. The standard InChI is InChI=1S/C18H35N3O3/c1-5-6-10-20(11-7-8-13-21(2,3)4)17(22)15-19-12-9-16(14-19)18(23)24/h16H,5-15H2,1-4H3. The van der Waals surface area contributed by atoms with Gasteiger partial charge in [-0.05, 0) is 32.2 Å². The lowest BCUT2D eigenvalue weighted by Crippen LogP contribution is -2.42. The van der Waals surface area contributed by atoms with Gasteiger partial charge < -0.3 is 19.3 Å². The monoisotopic (exact) mass is 341 g/mol. The molecule has 0 aromatic rings. The lowest BCUT2D eigenvalue weighted by Gasteiger charge is -2.27. The maximum atomic E-state index is 12.6. The van der Waals surface area contributed by atoms with Crippen LogP contribution in [-0.2, 0) is 9.59 Å². The summed E-state index contributed by atoms with van der Waals surface area (Å²) < 4.78 is 0.946. The predicted molar refractivity (Wildman–Crippen MR) is 93.2 cm³/mol. The minimum absolute atomic E-state index is 0.132. The number of likely N-dealkylation sites (tertiary alicyclic amines) is 1. The minimum Gasteiger partial charge on any atom is -0.550 e. The average molecular weight is 341 g/mol. The van der Waals surface area contributed by atoms with Crippen molar-refractivity contribution in [1.82, 2.24) is 9.80 Å². The van der Waals surface area contributed by atoms with Gasteiger partial charge in [-0.15, -0.1) is 0 Å². The van der Waals surface area contributed by atoms with Crippen LogP contribution in [0.1, 0.15) is 39.0 Å². The molecule has 0 radical (unpaired) electrons. The topological polar surface area (TPSA) is 63.7 Å². The second kappa shape index (κ2) is 9.99. The third-order valence-corrected chi connectivity index (χ3v) is 4.61. The summed E-state index contributed by atoms with van der Waals surface area (Å²) in [6.45, 7) is 6.29. The van der Waals surface area contributed by atoms with Gasteiger partial charge in [0.2, 0.25) is 5.91 Å². The molecule has 0 aliphatic carbocycles. The number of carbonyl (C=O) groups excluding carboxylic acids is 2. The number of hydrogen-bond acceptors (Lipinski definition) is 4. The maximum Gasteiger partial charge on any atom is 0.236 e. The molecule has 1 saturated heterocycles. The summed E-state index contributed by atoms with van der Waals surface area (Å²) in [5.41, 5.74) is 0. The first-order valence-corrected chi connectivity index (χ1v) is 9.24. The van der Waals surface area contributed by atoms with E-state index in [1.54, 1.807) is 0 Å². The van der Waals surface area contributed by atoms with Crippen LogP contribution in [0.5, 0.6) is 0 Å². The summed E-state index contributed by atoms with van der Waals surface area (Å²) in [5, 5.41) is 10.9. The lowest BCUT2D eigenvalue weighted by molar-refractivity contribution is -0.870. The summed E-state index contributed by atoms with van der Waals surface area (Å²) >= 11 is 0. The van der Waals surface area contributed by atoms with Gasteiger partial charge in [0.25, 0.3) is 0 Å². The quantitative estimate of drug-likeness (QED) is 0.397. The second-order valence-corrected chi connectivity index (χ2v) is 8.00. The zero-order chi connectivity index (χ0) is 18.2. The number of carboxylic acid groups (broad SMARTS) is 1. The molecule has 0 aromatic heterocycles. The van der Waals surface area contributed by atoms with Crippen LogP contribution < -0.4 is 5.11 Å². The number of amides is 1. The Morgan fingerprint density at radius 2 is 1.83 bits per heavy atom. The van der Waals surface area contributed by atoms with E-state index in [4.69, 9.17) is 0 Å². The molecule has 0 aromatic carbocycles. The van der Waals surface area contributed by atoms with Gasteiger partial charge in [0.15, 0.2) is 0 Å². The Morgan fingerprint density at radius 1 is 1.17 bits per heavy atom.